The Morgan fingerprint density at radius 1 is 1.29 bits per heavy atom. The molecule has 0 bridgehead atoms. The monoisotopic (exact) mass is 437 g/mol. The Hall–Kier alpha value is -3.43. The number of nitrogens with one attached hydrogen (secondary N) is 1. The molecule has 7 nitrogen and oxygen atoms in total. The number of aryl methyl sites for hydroxylation is 1. The summed E-state index contributed by atoms with van der Waals surface area (Å²) in [6.45, 7) is 5.86. The zero-order valence-corrected chi connectivity index (χ0v) is 17.4. The molecule has 0 aliphatic carbocycles. The number of hydrazone groups is 1. The van der Waals surface area contributed by atoms with Crippen molar-refractivity contribution in [1.82, 2.24) is 5.43 Å². The second-order valence-corrected chi connectivity index (χ2v) is 7.17. The second kappa shape index (κ2) is 9.59. The normalized spacial score (nSPS) is 11.7. The molecular formula is C21H22F3N3O4. The molecule has 0 saturated heterocycles. The van der Waals surface area contributed by atoms with Gasteiger partial charge >= 0.3 is 6.18 Å². The van der Waals surface area contributed by atoms with Gasteiger partial charge in [-0.25, -0.2) is 5.43 Å². The van der Waals surface area contributed by atoms with E-state index < -0.39 is 34.7 Å². The Morgan fingerprint density at radius 3 is 2.52 bits per heavy atom. The number of hydrogen-bond acceptors (Lipinski definition) is 5. The number of halogens is 3. The zero-order chi connectivity index (χ0) is 23.3. The van der Waals surface area contributed by atoms with Crippen LogP contribution in [0.2, 0.25) is 0 Å². The molecule has 0 heterocycles. The summed E-state index contributed by atoms with van der Waals surface area (Å²) in [5.41, 5.74) is 2.73. The minimum atomic E-state index is -4.72. The summed E-state index contributed by atoms with van der Waals surface area (Å²) in [6, 6.07) is 5.78. The van der Waals surface area contributed by atoms with E-state index >= 15 is 0 Å². The lowest BCUT2D eigenvalue weighted by molar-refractivity contribution is -0.385. The Bertz CT molecular complexity index is 1020. The lowest BCUT2D eigenvalue weighted by Crippen LogP contribution is -2.20. The van der Waals surface area contributed by atoms with Gasteiger partial charge in [0.05, 0.1) is 30.2 Å². The van der Waals surface area contributed by atoms with Crippen molar-refractivity contribution < 1.29 is 27.6 Å². The molecule has 0 spiro atoms. The Kier molecular flexibility index (Phi) is 7.37. The van der Waals surface area contributed by atoms with Crippen LogP contribution in [0.1, 0.15) is 47.6 Å². The predicted molar refractivity (Wildman–Crippen MR) is 109 cm³/mol. The van der Waals surface area contributed by atoms with E-state index in [4.69, 9.17) is 4.74 Å². The first-order valence-corrected chi connectivity index (χ1v) is 9.29. The van der Waals surface area contributed by atoms with Crippen molar-refractivity contribution in [1.29, 1.82) is 0 Å². The van der Waals surface area contributed by atoms with Crippen LogP contribution in [0.25, 0.3) is 0 Å². The number of nitro groups is 1. The molecule has 0 unspecified atom stereocenters. The molecule has 0 saturated carbocycles. The van der Waals surface area contributed by atoms with Gasteiger partial charge in [0.25, 0.3) is 5.69 Å². The number of ether oxygens (including phenoxy) is 1. The Balaban J connectivity index is 2.17. The van der Waals surface area contributed by atoms with Crippen LogP contribution in [0.15, 0.2) is 35.4 Å². The first-order valence-electron chi connectivity index (χ1n) is 9.29. The van der Waals surface area contributed by atoms with Gasteiger partial charge in [0, 0.05) is 11.6 Å². The van der Waals surface area contributed by atoms with Crippen molar-refractivity contribution in [2.45, 2.75) is 39.3 Å². The lowest BCUT2D eigenvalue weighted by Gasteiger charge is -2.14. The molecule has 0 aliphatic heterocycles. The van der Waals surface area contributed by atoms with E-state index in [-0.39, 0.29) is 11.5 Å². The summed E-state index contributed by atoms with van der Waals surface area (Å²) in [4.78, 5) is 22.3. The molecule has 1 N–H and O–H groups in total. The number of amides is 1. The fourth-order valence-electron chi connectivity index (χ4n) is 2.93. The SMILES string of the molecule is COc1cc(C)c(C=NNC(=O)Cc2ccc(C(F)(F)F)cc2[N+](=O)[O-])cc1C(C)C. The van der Waals surface area contributed by atoms with Crippen LogP contribution < -0.4 is 10.2 Å². The molecule has 10 heteroatoms. The van der Waals surface area contributed by atoms with Gasteiger partial charge in [-0.15, -0.1) is 0 Å². The van der Waals surface area contributed by atoms with E-state index in [9.17, 15) is 28.1 Å². The van der Waals surface area contributed by atoms with Crippen molar-refractivity contribution in [2.24, 2.45) is 5.10 Å². The molecule has 0 aliphatic rings. The number of methoxy groups -OCH3 is 1. The summed E-state index contributed by atoms with van der Waals surface area (Å²) >= 11 is 0. The molecule has 166 valence electrons. The fourth-order valence-corrected chi connectivity index (χ4v) is 2.93. The molecule has 0 radical (unpaired) electrons. The van der Waals surface area contributed by atoms with Gasteiger partial charge in [-0.2, -0.15) is 18.3 Å². The number of carbonyl (C=O) groups is 1. The standard InChI is InChI=1S/C21H22F3N3O4/c1-12(2)17-8-15(13(3)7-19(17)31-4)11-25-26-20(28)9-14-5-6-16(21(22,23)24)10-18(14)27(29)30/h5-8,10-12H,9H2,1-4H3,(H,26,28). The van der Waals surface area contributed by atoms with Gasteiger partial charge in [0.2, 0.25) is 5.91 Å². The number of hydrogen-bond donors (Lipinski definition) is 1. The number of rotatable bonds is 7. The van der Waals surface area contributed by atoms with Crippen LogP contribution in [-0.2, 0) is 17.4 Å². The van der Waals surface area contributed by atoms with Gasteiger partial charge in [-0.3, -0.25) is 14.9 Å². The third-order valence-corrected chi connectivity index (χ3v) is 4.59. The molecule has 0 aromatic heterocycles. The first kappa shape index (κ1) is 23.8. The first-order chi connectivity index (χ1) is 14.4. The van der Waals surface area contributed by atoms with Crippen LogP contribution in [0.3, 0.4) is 0 Å². The Labute approximate surface area is 177 Å². The van der Waals surface area contributed by atoms with Crippen LogP contribution >= 0.6 is 0 Å². The number of carbonyl (C=O) groups excluding carboxylic acids is 1. The van der Waals surface area contributed by atoms with E-state index in [1.54, 1.807) is 7.11 Å². The quantitative estimate of drug-likeness (QED) is 0.384. The Morgan fingerprint density at radius 2 is 1.97 bits per heavy atom. The van der Waals surface area contributed by atoms with Crippen molar-refractivity contribution in [3.8, 4) is 5.75 Å². The smallest absolute Gasteiger partial charge is 0.416 e. The van der Waals surface area contributed by atoms with Crippen molar-refractivity contribution in [3.63, 3.8) is 0 Å². The van der Waals surface area contributed by atoms with E-state index in [1.165, 1.54) is 6.21 Å². The topological polar surface area (TPSA) is 93.8 Å². The molecule has 1 amide bonds. The highest BCUT2D eigenvalue weighted by molar-refractivity contribution is 5.85. The molecular weight excluding hydrogens is 415 g/mol. The third kappa shape index (κ3) is 6.03. The number of nitro benzene ring substituents is 1. The third-order valence-electron chi connectivity index (χ3n) is 4.59. The van der Waals surface area contributed by atoms with E-state index in [2.05, 4.69) is 10.5 Å². The molecule has 0 atom stereocenters. The molecule has 2 aromatic carbocycles. The average molecular weight is 437 g/mol. The summed E-state index contributed by atoms with van der Waals surface area (Å²) < 4.78 is 43.7. The van der Waals surface area contributed by atoms with Crippen molar-refractivity contribution in [3.05, 3.63) is 68.3 Å². The number of benzene rings is 2. The lowest BCUT2D eigenvalue weighted by atomic mass is 9.97. The van der Waals surface area contributed by atoms with E-state index in [0.29, 0.717) is 12.1 Å². The number of nitrogens with zero attached hydrogens (tertiary/aromatic N) is 2. The van der Waals surface area contributed by atoms with Crippen LogP contribution in [0.4, 0.5) is 18.9 Å². The number of alkyl halides is 3. The van der Waals surface area contributed by atoms with Gasteiger partial charge < -0.3 is 4.74 Å². The largest absolute Gasteiger partial charge is 0.496 e. The highest BCUT2D eigenvalue weighted by Gasteiger charge is 2.33. The summed E-state index contributed by atoms with van der Waals surface area (Å²) in [7, 11) is 1.58. The summed E-state index contributed by atoms with van der Waals surface area (Å²) in [6.07, 6.45) is -3.79. The highest BCUT2D eigenvalue weighted by atomic mass is 19.4. The van der Waals surface area contributed by atoms with E-state index in [0.717, 1.165) is 28.5 Å². The minimum Gasteiger partial charge on any atom is -0.496 e. The van der Waals surface area contributed by atoms with Crippen LogP contribution in [-0.4, -0.2) is 24.2 Å². The average Bonchev–Trinajstić information content (AvgIpc) is 2.67. The molecule has 31 heavy (non-hydrogen) atoms. The maximum absolute atomic E-state index is 12.8. The summed E-state index contributed by atoms with van der Waals surface area (Å²) in [5.74, 6) is 0.232. The maximum Gasteiger partial charge on any atom is 0.416 e. The van der Waals surface area contributed by atoms with Crippen LogP contribution in [0, 0.1) is 17.0 Å². The predicted octanol–water partition coefficient (Wildman–Crippen LogP) is 4.75. The van der Waals surface area contributed by atoms with Crippen molar-refractivity contribution in [2.75, 3.05) is 7.11 Å². The highest BCUT2D eigenvalue weighted by Crippen LogP contribution is 2.33. The maximum atomic E-state index is 12.8. The van der Waals surface area contributed by atoms with E-state index in [1.807, 2.05) is 32.9 Å². The minimum absolute atomic E-state index is 0.145. The summed E-state index contributed by atoms with van der Waals surface area (Å²) in [5, 5.41) is 15.0. The van der Waals surface area contributed by atoms with Crippen molar-refractivity contribution >= 4 is 17.8 Å². The molecule has 2 aromatic rings. The van der Waals surface area contributed by atoms with Gasteiger partial charge in [0.15, 0.2) is 0 Å². The van der Waals surface area contributed by atoms with Crippen LogP contribution in [0.5, 0.6) is 5.75 Å². The van der Waals surface area contributed by atoms with Gasteiger partial charge in [-0.1, -0.05) is 19.9 Å². The molecule has 0 fully saturated rings. The molecule has 2 rings (SSSR count). The zero-order valence-electron chi connectivity index (χ0n) is 17.4. The second-order valence-electron chi connectivity index (χ2n) is 7.17. The van der Waals surface area contributed by atoms with Gasteiger partial charge in [0.1, 0.15) is 5.75 Å². The fraction of sp³-hybridized carbons (Fsp3) is 0.333. The van der Waals surface area contributed by atoms with Gasteiger partial charge in [-0.05, 0) is 47.7 Å².